The largest absolute Gasteiger partial charge is 0.489 e. The molecule has 0 heterocycles. The summed E-state index contributed by atoms with van der Waals surface area (Å²) in [6, 6.07) is 4.07. The van der Waals surface area contributed by atoms with Gasteiger partial charge in [-0.1, -0.05) is 6.07 Å². The Morgan fingerprint density at radius 3 is 2.50 bits per heavy atom. The van der Waals surface area contributed by atoms with Crippen molar-refractivity contribution < 1.29 is 17.9 Å². The van der Waals surface area contributed by atoms with Crippen molar-refractivity contribution in [2.75, 3.05) is 6.26 Å². The molecule has 1 aliphatic carbocycles. The summed E-state index contributed by atoms with van der Waals surface area (Å²) in [5.74, 6) is 0.352. The number of ether oxygens (including phenoxy) is 1. The van der Waals surface area contributed by atoms with Gasteiger partial charge in [0.25, 0.3) is 0 Å². The second kappa shape index (κ2) is 4.20. The van der Waals surface area contributed by atoms with Crippen LogP contribution in [0.3, 0.4) is 0 Å². The summed E-state index contributed by atoms with van der Waals surface area (Å²) in [4.78, 5) is 0.182. The number of alkyl halides is 3. The summed E-state index contributed by atoms with van der Waals surface area (Å²) in [6.07, 6.45) is -0.714. The van der Waals surface area contributed by atoms with Crippen LogP contribution in [0.25, 0.3) is 0 Å². The van der Waals surface area contributed by atoms with Gasteiger partial charge in [0.05, 0.1) is 16.6 Å². The molecule has 2 rings (SSSR count). The Balaban J connectivity index is 2.37. The minimum Gasteiger partial charge on any atom is -0.489 e. The first-order valence-corrected chi connectivity index (χ1v) is 6.15. The SMILES string of the molecule is CSc1c(OC2CC2)cccc1C(F)(F)F. The van der Waals surface area contributed by atoms with Gasteiger partial charge in [-0.25, -0.2) is 0 Å². The molecule has 1 aromatic carbocycles. The number of halogens is 3. The van der Waals surface area contributed by atoms with E-state index in [-0.39, 0.29) is 11.0 Å². The highest BCUT2D eigenvalue weighted by atomic mass is 32.2. The summed E-state index contributed by atoms with van der Waals surface area (Å²) in [6.45, 7) is 0. The van der Waals surface area contributed by atoms with E-state index in [9.17, 15) is 13.2 Å². The van der Waals surface area contributed by atoms with Gasteiger partial charge in [0.1, 0.15) is 5.75 Å². The van der Waals surface area contributed by atoms with E-state index >= 15 is 0 Å². The van der Waals surface area contributed by atoms with Crippen molar-refractivity contribution in [3.63, 3.8) is 0 Å². The third-order valence-corrected chi connectivity index (χ3v) is 3.14. The standard InChI is InChI=1S/C11H11F3OS/c1-16-10-8(11(12,13)14)3-2-4-9(10)15-7-5-6-7/h2-4,7H,5-6H2,1H3. The van der Waals surface area contributed by atoms with Crippen LogP contribution in [0.1, 0.15) is 18.4 Å². The molecule has 0 unspecified atom stereocenters. The molecule has 0 bridgehead atoms. The minimum atomic E-state index is -4.32. The van der Waals surface area contributed by atoms with Crippen molar-refractivity contribution in [3.05, 3.63) is 23.8 Å². The maximum atomic E-state index is 12.7. The molecule has 0 amide bonds. The van der Waals surface area contributed by atoms with Crippen molar-refractivity contribution in [2.45, 2.75) is 30.0 Å². The molecular formula is C11H11F3OS. The molecule has 88 valence electrons. The zero-order valence-corrected chi connectivity index (χ0v) is 9.49. The first-order chi connectivity index (χ1) is 7.52. The first kappa shape index (κ1) is 11.6. The molecule has 1 saturated carbocycles. The molecule has 0 N–H and O–H groups in total. The second-order valence-electron chi connectivity index (χ2n) is 3.65. The van der Waals surface area contributed by atoms with E-state index in [1.807, 2.05) is 0 Å². The van der Waals surface area contributed by atoms with Crippen LogP contribution in [0, 0.1) is 0 Å². The van der Waals surface area contributed by atoms with Crippen LogP contribution in [-0.4, -0.2) is 12.4 Å². The molecule has 0 aromatic heterocycles. The molecule has 1 fully saturated rings. The lowest BCUT2D eigenvalue weighted by Gasteiger charge is -2.15. The van der Waals surface area contributed by atoms with E-state index < -0.39 is 11.7 Å². The molecule has 0 saturated heterocycles. The fourth-order valence-electron chi connectivity index (χ4n) is 1.41. The van der Waals surface area contributed by atoms with Crippen LogP contribution < -0.4 is 4.74 Å². The maximum absolute atomic E-state index is 12.7. The van der Waals surface area contributed by atoms with Gasteiger partial charge in [-0.3, -0.25) is 0 Å². The van der Waals surface area contributed by atoms with Crippen molar-refractivity contribution in [1.29, 1.82) is 0 Å². The Kier molecular flexibility index (Phi) is 3.06. The lowest BCUT2D eigenvalue weighted by molar-refractivity contribution is -0.139. The monoisotopic (exact) mass is 248 g/mol. The number of rotatable bonds is 3. The maximum Gasteiger partial charge on any atom is 0.417 e. The van der Waals surface area contributed by atoms with Crippen molar-refractivity contribution in [1.82, 2.24) is 0 Å². The van der Waals surface area contributed by atoms with Gasteiger partial charge in [0.2, 0.25) is 0 Å². The van der Waals surface area contributed by atoms with Gasteiger partial charge >= 0.3 is 6.18 Å². The van der Waals surface area contributed by atoms with Gasteiger partial charge in [0.15, 0.2) is 0 Å². The summed E-state index contributed by atoms with van der Waals surface area (Å²) >= 11 is 1.07. The molecule has 0 radical (unpaired) electrons. The van der Waals surface area contributed by atoms with E-state index in [1.165, 1.54) is 6.07 Å². The highest BCUT2D eigenvalue weighted by Crippen LogP contribution is 2.42. The van der Waals surface area contributed by atoms with Gasteiger partial charge < -0.3 is 4.74 Å². The van der Waals surface area contributed by atoms with Crippen LogP contribution in [0.2, 0.25) is 0 Å². The Labute approximate surface area is 96.0 Å². The quantitative estimate of drug-likeness (QED) is 0.748. The second-order valence-corrected chi connectivity index (χ2v) is 4.47. The summed E-state index contributed by atoms with van der Waals surface area (Å²) < 4.78 is 43.6. The predicted octanol–water partition coefficient (Wildman–Crippen LogP) is 3.97. The van der Waals surface area contributed by atoms with Crippen LogP contribution in [-0.2, 0) is 6.18 Å². The Morgan fingerprint density at radius 2 is 2.00 bits per heavy atom. The zero-order valence-electron chi connectivity index (χ0n) is 8.67. The number of hydrogen-bond acceptors (Lipinski definition) is 2. The average Bonchev–Trinajstić information content (AvgIpc) is 3.00. The predicted molar refractivity (Wildman–Crippen MR) is 56.9 cm³/mol. The summed E-state index contributed by atoms with van der Waals surface area (Å²) in [7, 11) is 0. The third-order valence-electron chi connectivity index (χ3n) is 2.31. The van der Waals surface area contributed by atoms with E-state index in [1.54, 1.807) is 12.3 Å². The molecule has 16 heavy (non-hydrogen) atoms. The fraction of sp³-hybridized carbons (Fsp3) is 0.455. The number of hydrogen-bond donors (Lipinski definition) is 0. The molecule has 0 atom stereocenters. The van der Waals surface area contributed by atoms with Gasteiger partial charge in [-0.05, 0) is 31.2 Å². The van der Waals surface area contributed by atoms with E-state index in [4.69, 9.17) is 4.74 Å². The Bertz CT molecular complexity index is 385. The lowest BCUT2D eigenvalue weighted by atomic mass is 10.2. The van der Waals surface area contributed by atoms with Gasteiger partial charge in [-0.15, -0.1) is 11.8 Å². The molecule has 0 spiro atoms. The third kappa shape index (κ3) is 2.45. The van der Waals surface area contributed by atoms with Crippen LogP contribution in [0.15, 0.2) is 23.1 Å². The number of benzene rings is 1. The van der Waals surface area contributed by atoms with Gasteiger partial charge in [0, 0.05) is 0 Å². The zero-order chi connectivity index (χ0) is 11.8. The Hall–Kier alpha value is -0.840. The van der Waals surface area contributed by atoms with Crippen molar-refractivity contribution in [3.8, 4) is 5.75 Å². The normalized spacial score (nSPS) is 16.2. The lowest BCUT2D eigenvalue weighted by Crippen LogP contribution is -2.08. The van der Waals surface area contributed by atoms with Crippen LogP contribution in [0.5, 0.6) is 5.75 Å². The topological polar surface area (TPSA) is 9.23 Å². The smallest absolute Gasteiger partial charge is 0.417 e. The fourth-order valence-corrected chi connectivity index (χ4v) is 2.13. The Morgan fingerprint density at radius 1 is 1.31 bits per heavy atom. The first-order valence-electron chi connectivity index (χ1n) is 4.93. The van der Waals surface area contributed by atoms with E-state index in [0.717, 1.165) is 30.7 Å². The molecule has 1 aromatic rings. The van der Waals surface area contributed by atoms with Crippen LogP contribution >= 0.6 is 11.8 Å². The summed E-state index contributed by atoms with van der Waals surface area (Å²) in [5.41, 5.74) is -0.613. The van der Waals surface area contributed by atoms with E-state index in [0.29, 0.717) is 5.75 Å². The van der Waals surface area contributed by atoms with Crippen molar-refractivity contribution >= 4 is 11.8 Å². The molecule has 1 nitrogen and oxygen atoms in total. The molecule has 5 heteroatoms. The average molecular weight is 248 g/mol. The summed E-state index contributed by atoms with van der Waals surface area (Å²) in [5, 5.41) is 0. The van der Waals surface area contributed by atoms with E-state index in [2.05, 4.69) is 0 Å². The van der Waals surface area contributed by atoms with Crippen molar-refractivity contribution in [2.24, 2.45) is 0 Å². The highest BCUT2D eigenvalue weighted by molar-refractivity contribution is 7.98. The molecule has 0 aliphatic heterocycles. The molecule has 1 aliphatic rings. The molecular weight excluding hydrogens is 237 g/mol. The van der Waals surface area contributed by atoms with Gasteiger partial charge in [-0.2, -0.15) is 13.2 Å². The number of thioether (sulfide) groups is 1. The minimum absolute atomic E-state index is 0.106. The highest BCUT2D eigenvalue weighted by Gasteiger charge is 2.35. The van der Waals surface area contributed by atoms with Crippen LogP contribution in [0.4, 0.5) is 13.2 Å².